The summed E-state index contributed by atoms with van der Waals surface area (Å²) < 4.78 is 34.3. The van der Waals surface area contributed by atoms with Crippen LogP contribution in [0.25, 0.3) is 11.1 Å². The number of rotatable bonds is 9. The van der Waals surface area contributed by atoms with Gasteiger partial charge in [0.15, 0.2) is 11.1 Å². The topological polar surface area (TPSA) is 99.7 Å². The third kappa shape index (κ3) is 4.15. The molecule has 0 atom stereocenters. The summed E-state index contributed by atoms with van der Waals surface area (Å²) >= 11 is 0. The van der Waals surface area contributed by atoms with E-state index in [0.29, 0.717) is 16.9 Å². The number of ether oxygens (including phenoxy) is 2. The number of aromatic amines is 1. The van der Waals surface area contributed by atoms with Crippen molar-refractivity contribution < 1.29 is 27.9 Å². The van der Waals surface area contributed by atoms with Gasteiger partial charge in [0.05, 0.1) is 32.5 Å². The largest absolute Gasteiger partial charge is 0.497 e. The van der Waals surface area contributed by atoms with Crippen molar-refractivity contribution in [2.24, 2.45) is 0 Å². The molecule has 1 aromatic heterocycles. The summed E-state index contributed by atoms with van der Waals surface area (Å²) in [4.78, 5) is 12.3. The number of methoxy groups -OCH3 is 1. The van der Waals surface area contributed by atoms with Crippen molar-refractivity contribution >= 4 is 19.0 Å². The third-order valence-electron chi connectivity index (χ3n) is 3.47. The number of esters is 1. The molecule has 142 valence electrons. The maximum absolute atomic E-state index is 13.2. The molecule has 8 nitrogen and oxygen atoms in total. The Morgan fingerprint density at radius 2 is 1.69 bits per heavy atom. The van der Waals surface area contributed by atoms with Gasteiger partial charge in [-0.2, -0.15) is 5.10 Å². The average molecular weight is 382 g/mol. The lowest BCUT2D eigenvalue weighted by atomic mass is 10.1. The molecular weight excluding hydrogens is 359 g/mol. The average Bonchev–Trinajstić information content (AvgIpc) is 3.08. The second kappa shape index (κ2) is 8.98. The minimum Gasteiger partial charge on any atom is -0.497 e. The van der Waals surface area contributed by atoms with E-state index in [-0.39, 0.29) is 30.9 Å². The molecule has 0 unspecified atom stereocenters. The molecule has 0 aliphatic heterocycles. The molecule has 0 saturated carbocycles. The first-order valence-electron chi connectivity index (χ1n) is 8.30. The number of nitrogens with zero attached hydrogens (tertiary/aromatic N) is 1. The molecule has 2 rings (SSSR count). The van der Waals surface area contributed by atoms with Crippen molar-refractivity contribution in [3.8, 4) is 16.9 Å². The minimum atomic E-state index is -3.69. The van der Waals surface area contributed by atoms with Crippen LogP contribution in [0.1, 0.15) is 31.3 Å². The van der Waals surface area contributed by atoms with Gasteiger partial charge in [0.1, 0.15) is 5.75 Å². The van der Waals surface area contributed by atoms with E-state index in [4.69, 9.17) is 18.5 Å². The van der Waals surface area contributed by atoms with Crippen molar-refractivity contribution in [2.45, 2.75) is 20.8 Å². The molecule has 1 N–H and O–H groups in total. The van der Waals surface area contributed by atoms with E-state index >= 15 is 0 Å². The molecule has 0 fully saturated rings. The molecule has 1 aromatic carbocycles. The van der Waals surface area contributed by atoms with Gasteiger partial charge in [0, 0.05) is 0 Å². The molecule has 0 spiro atoms. The van der Waals surface area contributed by atoms with Crippen molar-refractivity contribution in [1.29, 1.82) is 0 Å². The van der Waals surface area contributed by atoms with Crippen LogP contribution in [0.5, 0.6) is 5.75 Å². The molecule has 0 saturated heterocycles. The highest BCUT2D eigenvalue weighted by molar-refractivity contribution is 7.62. The molecule has 0 radical (unpaired) electrons. The van der Waals surface area contributed by atoms with Crippen LogP contribution < -0.4 is 10.2 Å². The second-order valence-corrected chi connectivity index (χ2v) is 7.04. The Balaban J connectivity index is 2.64. The van der Waals surface area contributed by atoms with Gasteiger partial charge in [-0.15, -0.1) is 0 Å². The predicted molar refractivity (Wildman–Crippen MR) is 97.0 cm³/mol. The molecule has 0 bridgehead atoms. The standard InChI is InChI=1S/C17H23N2O6P/c1-5-23-17(20)15-14(12-8-10-13(22-4)11-9-12)16(19-18-15)26(21,24-6-2)25-7-3/h8-11H,5-7H2,1-4H3,(H,18,19). The first-order valence-corrected chi connectivity index (χ1v) is 9.84. The maximum Gasteiger partial charge on any atom is 0.379 e. The zero-order valence-electron chi connectivity index (χ0n) is 15.3. The van der Waals surface area contributed by atoms with Crippen molar-refractivity contribution in [2.75, 3.05) is 26.9 Å². The first kappa shape index (κ1) is 20.2. The molecule has 0 aliphatic rings. The van der Waals surface area contributed by atoms with E-state index in [9.17, 15) is 9.36 Å². The van der Waals surface area contributed by atoms with Crippen molar-refractivity contribution in [1.82, 2.24) is 10.2 Å². The minimum absolute atomic E-state index is 0.0200. The number of benzene rings is 1. The van der Waals surface area contributed by atoms with Crippen LogP contribution in [0.2, 0.25) is 0 Å². The summed E-state index contributed by atoms with van der Waals surface area (Å²) in [7, 11) is -2.13. The number of carbonyl (C=O) groups is 1. The van der Waals surface area contributed by atoms with E-state index in [1.165, 1.54) is 0 Å². The van der Waals surface area contributed by atoms with E-state index in [1.54, 1.807) is 52.1 Å². The normalized spacial score (nSPS) is 11.4. The van der Waals surface area contributed by atoms with Gasteiger partial charge in [-0.05, 0) is 38.5 Å². The zero-order valence-corrected chi connectivity index (χ0v) is 16.2. The van der Waals surface area contributed by atoms with Crippen LogP contribution in [0.15, 0.2) is 24.3 Å². The van der Waals surface area contributed by atoms with Gasteiger partial charge in [-0.1, -0.05) is 12.1 Å². The second-order valence-electron chi connectivity index (χ2n) is 5.08. The van der Waals surface area contributed by atoms with Gasteiger partial charge < -0.3 is 18.5 Å². The van der Waals surface area contributed by atoms with Crippen LogP contribution in [0.3, 0.4) is 0 Å². The molecule has 1 heterocycles. The van der Waals surface area contributed by atoms with Gasteiger partial charge in [0.25, 0.3) is 0 Å². The Bertz CT molecular complexity index is 777. The number of hydrogen-bond donors (Lipinski definition) is 1. The van der Waals surface area contributed by atoms with Gasteiger partial charge in [-0.25, -0.2) is 4.79 Å². The van der Waals surface area contributed by atoms with Crippen LogP contribution in [-0.2, 0) is 18.3 Å². The highest BCUT2D eigenvalue weighted by atomic mass is 31.2. The fraction of sp³-hybridized carbons (Fsp3) is 0.412. The summed E-state index contributed by atoms with van der Waals surface area (Å²) in [5.74, 6) is 0.0228. The van der Waals surface area contributed by atoms with Crippen LogP contribution in [-0.4, -0.2) is 43.1 Å². The Morgan fingerprint density at radius 1 is 1.08 bits per heavy atom. The van der Waals surface area contributed by atoms with Crippen LogP contribution in [0, 0.1) is 0 Å². The Labute approximate surface area is 152 Å². The molecule has 9 heteroatoms. The Morgan fingerprint density at radius 3 is 2.19 bits per heavy atom. The lowest BCUT2D eigenvalue weighted by Crippen LogP contribution is -2.15. The molecule has 0 aliphatic carbocycles. The summed E-state index contributed by atoms with van der Waals surface area (Å²) in [5, 5.41) is 6.68. The number of carbonyl (C=O) groups excluding carboxylic acids is 1. The predicted octanol–water partition coefficient (Wildman–Crippen LogP) is 3.15. The number of aromatic nitrogens is 2. The number of hydrogen-bond acceptors (Lipinski definition) is 7. The van der Waals surface area contributed by atoms with Crippen LogP contribution >= 0.6 is 7.60 Å². The lowest BCUT2D eigenvalue weighted by molar-refractivity contribution is 0.0520. The first-order chi connectivity index (χ1) is 12.5. The van der Waals surface area contributed by atoms with E-state index in [0.717, 1.165) is 0 Å². The Hall–Kier alpha value is -2.15. The SMILES string of the molecule is CCOC(=O)c1n[nH]c(P(=O)(OCC)OCC)c1-c1ccc(OC)cc1. The number of H-pyrrole nitrogens is 1. The highest BCUT2D eigenvalue weighted by Crippen LogP contribution is 2.49. The zero-order chi connectivity index (χ0) is 19.2. The quantitative estimate of drug-likeness (QED) is 0.525. The maximum atomic E-state index is 13.2. The summed E-state index contributed by atoms with van der Waals surface area (Å²) in [5.41, 5.74) is 1.08. The third-order valence-corrected chi connectivity index (χ3v) is 5.53. The summed E-state index contributed by atoms with van der Waals surface area (Å²) in [6, 6.07) is 6.93. The summed E-state index contributed by atoms with van der Waals surface area (Å²) in [6.45, 7) is 5.66. The smallest absolute Gasteiger partial charge is 0.379 e. The van der Waals surface area contributed by atoms with Crippen molar-refractivity contribution in [3.63, 3.8) is 0 Å². The molecule has 26 heavy (non-hydrogen) atoms. The van der Waals surface area contributed by atoms with Gasteiger partial charge in [-0.3, -0.25) is 9.66 Å². The lowest BCUT2D eigenvalue weighted by Gasteiger charge is -2.17. The molecule has 2 aromatic rings. The summed E-state index contributed by atoms with van der Waals surface area (Å²) in [6.07, 6.45) is 0. The fourth-order valence-corrected chi connectivity index (χ4v) is 4.11. The van der Waals surface area contributed by atoms with Gasteiger partial charge >= 0.3 is 13.6 Å². The van der Waals surface area contributed by atoms with Crippen LogP contribution in [0.4, 0.5) is 0 Å². The van der Waals surface area contributed by atoms with Crippen molar-refractivity contribution in [3.05, 3.63) is 30.0 Å². The fourth-order valence-electron chi connectivity index (χ4n) is 2.42. The highest BCUT2D eigenvalue weighted by Gasteiger charge is 2.36. The van der Waals surface area contributed by atoms with E-state index in [2.05, 4.69) is 10.2 Å². The van der Waals surface area contributed by atoms with E-state index < -0.39 is 13.6 Å². The molecule has 0 amide bonds. The van der Waals surface area contributed by atoms with Gasteiger partial charge in [0.2, 0.25) is 0 Å². The molecular formula is C17H23N2O6P. The number of nitrogens with one attached hydrogen (secondary N) is 1. The Kier molecular flexibility index (Phi) is 6.97. The monoisotopic (exact) mass is 382 g/mol. The van der Waals surface area contributed by atoms with E-state index in [1.807, 2.05) is 0 Å².